The van der Waals surface area contributed by atoms with Crippen LogP contribution < -0.4 is 11.2 Å². The van der Waals surface area contributed by atoms with Gasteiger partial charge in [0.05, 0.1) is 27.7 Å². The molecule has 27 heavy (non-hydrogen) atoms. The Labute approximate surface area is 146 Å². The van der Waals surface area contributed by atoms with Gasteiger partial charge in [0.1, 0.15) is 5.52 Å². The molecule has 11 heteroatoms. The Morgan fingerprint density at radius 3 is 2.52 bits per heavy atom. The summed E-state index contributed by atoms with van der Waals surface area (Å²) in [5.41, 5.74) is -1.66. The number of nitrogens with zero attached hydrogens (tertiary/aromatic N) is 2. The summed E-state index contributed by atoms with van der Waals surface area (Å²) in [5.74, 6) is 2.01. The summed E-state index contributed by atoms with van der Waals surface area (Å²) in [7, 11) is 0. The van der Waals surface area contributed by atoms with Crippen molar-refractivity contribution in [3.63, 3.8) is 0 Å². The highest BCUT2D eigenvalue weighted by molar-refractivity contribution is 5.95. The number of hydrogen-bond donors (Lipinski definition) is 3. The average Bonchev–Trinajstić information content (AvgIpc) is 3.13. The van der Waals surface area contributed by atoms with E-state index in [1.165, 1.54) is 12.3 Å². The Morgan fingerprint density at radius 1 is 1.07 bits per heavy atom. The third-order valence-corrected chi connectivity index (χ3v) is 4.05. The molecule has 0 radical (unpaired) electrons. The van der Waals surface area contributed by atoms with E-state index in [0.29, 0.717) is 16.8 Å². The molecule has 0 aliphatic heterocycles. The Morgan fingerprint density at radius 2 is 1.81 bits per heavy atom. The quantitative estimate of drug-likeness (QED) is 0.354. The lowest BCUT2D eigenvalue weighted by molar-refractivity contribution is -0.137. The number of aromatic nitrogens is 3. The van der Waals surface area contributed by atoms with Gasteiger partial charge in [0, 0.05) is 6.20 Å². The second kappa shape index (κ2) is 5.56. The molecule has 0 unspecified atom stereocenters. The number of halogens is 6. The van der Waals surface area contributed by atoms with Gasteiger partial charge in [-0.05, 0) is 24.3 Å². The Kier molecular flexibility index (Phi) is 3.52. The smallest absolute Gasteiger partial charge is 0.359 e. The summed E-state index contributed by atoms with van der Waals surface area (Å²) in [6, 6.07) is 3.18. The van der Waals surface area contributed by atoms with Crippen LogP contribution in [0, 0.1) is 17.5 Å². The maximum absolute atomic E-state index is 14.1. The zero-order valence-corrected chi connectivity index (χ0v) is 13.1. The Balaban J connectivity index is 1.85. The van der Waals surface area contributed by atoms with Crippen LogP contribution in [0.4, 0.5) is 38.0 Å². The van der Waals surface area contributed by atoms with Crippen LogP contribution >= 0.6 is 0 Å². The van der Waals surface area contributed by atoms with Gasteiger partial charge in [-0.3, -0.25) is 0 Å². The third-order valence-electron chi connectivity index (χ3n) is 4.05. The number of H-pyrrole nitrogens is 1. The third kappa shape index (κ3) is 2.62. The Bertz CT molecular complexity index is 1190. The van der Waals surface area contributed by atoms with Gasteiger partial charge in [0.15, 0.2) is 17.5 Å². The molecule has 0 atom stereocenters. The maximum Gasteiger partial charge on any atom is 0.416 e. The number of nitrogen functional groups attached to an aromatic ring is 1. The largest absolute Gasteiger partial charge is 0.416 e. The molecule has 0 bridgehead atoms. The highest BCUT2D eigenvalue weighted by Crippen LogP contribution is 2.34. The van der Waals surface area contributed by atoms with E-state index >= 15 is 0 Å². The first-order valence-electron chi connectivity index (χ1n) is 7.43. The van der Waals surface area contributed by atoms with Gasteiger partial charge >= 0.3 is 6.18 Å². The lowest BCUT2D eigenvalue weighted by Crippen LogP contribution is -2.13. The van der Waals surface area contributed by atoms with Crippen molar-refractivity contribution in [2.75, 3.05) is 11.2 Å². The van der Waals surface area contributed by atoms with Crippen molar-refractivity contribution in [1.82, 2.24) is 14.6 Å². The van der Waals surface area contributed by atoms with Crippen molar-refractivity contribution >= 4 is 33.6 Å². The van der Waals surface area contributed by atoms with Crippen molar-refractivity contribution in [1.29, 1.82) is 0 Å². The number of fused-ring (bicyclic) bond motifs is 2. The lowest BCUT2D eigenvalue weighted by Gasteiger charge is -2.07. The number of aromatic amines is 1. The van der Waals surface area contributed by atoms with Crippen molar-refractivity contribution in [3.05, 3.63) is 53.5 Å². The predicted molar refractivity (Wildman–Crippen MR) is 86.3 cm³/mol. The van der Waals surface area contributed by atoms with Crippen LogP contribution in [0.5, 0.6) is 0 Å². The molecule has 140 valence electrons. The summed E-state index contributed by atoms with van der Waals surface area (Å²) in [5, 5.41) is 2.44. The van der Waals surface area contributed by atoms with E-state index in [0.717, 1.165) is 6.07 Å². The maximum atomic E-state index is 14.1. The molecule has 4 rings (SSSR count). The molecule has 0 aliphatic carbocycles. The number of nitrogens with one attached hydrogen (secondary N) is 2. The molecule has 2 aromatic carbocycles. The van der Waals surface area contributed by atoms with Gasteiger partial charge in [-0.25, -0.2) is 22.8 Å². The summed E-state index contributed by atoms with van der Waals surface area (Å²) < 4.78 is 80.9. The van der Waals surface area contributed by atoms with E-state index in [-0.39, 0.29) is 33.6 Å². The van der Waals surface area contributed by atoms with E-state index in [4.69, 9.17) is 5.84 Å². The zero-order chi connectivity index (χ0) is 19.5. The molecule has 2 heterocycles. The second-order valence-corrected chi connectivity index (χ2v) is 5.74. The van der Waals surface area contributed by atoms with Crippen LogP contribution in [-0.4, -0.2) is 14.6 Å². The van der Waals surface area contributed by atoms with Gasteiger partial charge in [-0.2, -0.15) is 13.2 Å². The van der Waals surface area contributed by atoms with Crippen LogP contribution in [-0.2, 0) is 6.18 Å². The first-order chi connectivity index (χ1) is 12.7. The molecule has 0 fully saturated rings. The molecule has 4 N–H and O–H groups in total. The summed E-state index contributed by atoms with van der Waals surface area (Å²) >= 11 is 0. The fraction of sp³-hybridized carbons (Fsp3) is 0.0625. The number of hydrogen-bond acceptors (Lipinski definition) is 3. The van der Waals surface area contributed by atoms with Gasteiger partial charge in [-0.1, -0.05) is 0 Å². The molecule has 0 aliphatic rings. The zero-order valence-electron chi connectivity index (χ0n) is 13.1. The van der Waals surface area contributed by atoms with Gasteiger partial charge in [-0.15, -0.1) is 0 Å². The van der Waals surface area contributed by atoms with Crippen molar-refractivity contribution < 1.29 is 26.3 Å². The molecule has 0 saturated heterocycles. The normalized spacial score (nSPS) is 12.2. The number of nitrogens with two attached hydrogens (primary N) is 1. The van der Waals surface area contributed by atoms with Gasteiger partial charge in [0.25, 0.3) is 0 Å². The molecule has 0 spiro atoms. The SMILES string of the molecule is Nn1c(Nc2c[nH]c3ccc(F)c(F)c23)nc2cc(C(F)(F)F)cc(F)c21. The van der Waals surface area contributed by atoms with E-state index < -0.39 is 29.2 Å². The molecule has 4 aromatic rings. The van der Waals surface area contributed by atoms with E-state index in [9.17, 15) is 26.3 Å². The molecule has 5 nitrogen and oxygen atoms in total. The van der Waals surface area contributed by atoms with Crippen LogP contribution in [0.25, 0.3) is 21.9 Å². The molecule has 0 saturated carbocycles. The van der Waals surface area contributed by atoms with E-state index in [2.05, 4.69) is 15.3 Å². The second-order valence-electron chi connectivity index (χ2n) is 5.74. The number of imidazole rings is 1. The molecular formula is C16H9F6N5. The lowest BCUT2D eigenvalue weighted by atomic mass is 10.2. The van der Waals surface area contributed by atoms with E-state index in [1.54, 1.807) is 0 Å². The minimum absolute atomic E-state index is 0.0282. The van der Waals surface area contributed by atoms with Crippen LogP contribution in [0.2, 0.25) is 0 Å². The van der Waals surface area contributed by atoms with Crippen LogP contribution in [0.15, 0.2) is 30.5 Å². The van der Waals surface area contributed by atoms with Crippen molar-refractivity contribution in [3.8, 4) is 0 Å². The molecule has 0 amide bonds. The monoisotopic (exact) mass is 385 g/mol. The number of anilines is 2. The Hall–Kier alpha value is -3.37. The van der Waals surface area contributed by atoms with Crippen LogP contribution in [0.1, 0.15) is 5.56 Å². The summed E-state index contributed by atoms with van der Waals surface area (Å²) in [6.45, 7) is 0. The van der Waals surface area contributed by atoms with Gasteiger partial charge in [0.2, 0.25) is 5.95 Å². The fourth-order valence-corrected chi connectivity index (χ4v) is 2.81. The standard InChI is InChI=1S/C16H9F6N5/c17-7-1-2-9-12(13(7)19)11(5-24-9)26-15-25-10-4-6(16(20,21)22)3-8(18)14(10)27(15)23/h1-5,24H,23H2,(H,25,26). The van der Waals surface area contributed by atoms with E-state index in [1.807, 2.05) is 0 Å². The first-order valence-corrected chi connectivity index (χ1v) is 7.43. The molecule has 2 aromatic heterocycles. The minimum atomic E-state index is -4.77. The van der Waals surface area contributed by atoms with Crippen molar-refractivity contribution in [2.45, 2.75) is 6.18 Å². The van der Waals surface area contributed by atoms with Crippen LogP contribution in [0.3, 0.4) is 0 Å². The minimum Gasteiger partial charge on any atom is -0.359 e. The van der Waals surface area contributed by atoms with Gasteiger partial charge < -0.3 is 16.1 Å². The number of rotatable bonds is 2. The fourth-order valence-electron chi connectivity index (χ4n) is 2.81. The average molecular weight is 385 g/mol. The van der Waals surface area contributed by atoms with Crippen molar-refractivity contribution in [2.24, 2.45) is 0 Å². The predicted octanol–water partition coefficient (Wildman–Crippen LogP) is 4.41. The first kappa shape index (κ1) is 17.1. The highest BCUT2D eigenvalue weighted by Gasteiger charge is 2.32. The number of benzene rings is 2. The summed E-state index contributed by atoms with van der Waals surface area (Å²) in [6.07, 6.45) is -3.47. The highest BCUT2D eigenvalue weighted by atomic mass is 19.4. The topological polar surface area (TPSA) is 71.7 Å². The summed E-state index contributed by atoms with van der Waals surface area (Å²) in [4.78, 5) is 6.54. The molecular weight excluding hydrogens is 376 g/mol. The number of alkyl halides is 3.